The summed E-state index contributed by atoms with van der Waals surface area (Å²) in [5.74, 6) is -0.0380. The Morgan fingerprint density at radius 3 is 2.50 bits per heavy atom. The SMILES string of the molecule is CC[C@](Br)([C@@H](O)c1cccc(Cl)c1)S(=O)(=O)CC. The lowest BCUT2D eigenvalue weighted by atomic mass is 10.1. The summed E-state index contributed by atoms with van der Waals surface area (Å²) in [6.07, 6.45) is -0.900. The summed E-state index contributed by atoms with van der Waals surface area (Å²) >= 11 is 9.07. The van der Waals surface area contributed by atoms with Crippen molar-refractivity contribution in [3.05, 3.63) is 34.9 Å². The molecule has 0 bridgehead atoms. The number of benzene rings is 1. The maximum Gasteiger partial charge on any atom is 0.168 e. The van der Waals surface area contributed by atoms with Gasteiger partial charge < -0.3 is 5.11 Å². The van der Waals surface area contributed by atoms with Gasteiger partial charge in [-0.2, -0.15) is 0 Å². The second-order valence-corrected chi connectivity index (χ2v) is 8.91. The van der Waals surface area contributed by atoms with Gasteiger partial charge in [-0.25, -0.2) is 8.42 Å². The van der Waals surface area contributed by atoms with Crippen molar-refractivity contribution in [2.24, 2.45) is 0 Å². The van der Waals surface area contributed by atoms with Crippen LogP contribution in [0, 0.1) is 0 Å². The first-order valence-corrected chi connectivity index (χ1v) is 8.45. The van der Waals surface area contributed by atoms with E-state index in [0.717, 1.165) is 0 Å². The van der Waals surface area contributed by atoms with Crippen molar-refractivity contribution < 1.29 is 13.5 Å². The molecule has 1 N–H and O–H groups in total. The fourth-order valence-corrected chi connectivity index (χ4v) is 4.29. The third-order valence-electron chi connectivity index (χ3n) is 2.95. The van der Waals surface area contributed by atoms with Crippen molar-refractivity contribution in [3.63, 3.8) is 0 Å². The normalized spacial score (nSPS) is 17.2. The molecule has 0 spiro atoms. The van der Waals surface area contributed by atoms with Crippen LogP contribution in [0.5, 0.6) is 0 Å². The minimum Gasteiger partial charge on any atom is -0.386 e. The van der Waals surface area contributed by atoms with E-state index in [1.54, 1.807) is 38.1 Å². The van der Waals surface area contributed by atoms with E-state index >= 15 is 0 Å². The fraction of sp³-hybridized carbons (Fsp3) is 0.500. The Balaban J connectivity index is 3.26. The highest BCUT2D eigenvalue weighted by Gasteiger charge is 2.45. The second-order valence-electron chi connectivity index (χ2n) is 4.00. The number of hydrogen-bond donors (Lipinski definition) is 1. The first-order chi connectivity index (χ1) is 8.28. The first-order valence-electron chi connectivity index (χ1n) is 5.63. The standard InChI is InChI=1S/C12H16BrClO3S/c1-3-12(13,18(16,17)4-2)11(15)9-6-5-7-10(14)8-9/h5-8,11,15H,3-4H2,1-2H3/t11-,12+/m0/s1. The zero-order valence-corrected chi connectivity index (χ0v) is 13.4. The van der Waals surface area contributed by atoms with E-state index in [1.165, 1.54) is 0 Å². The van der Waals surface area contributed by atoms with E-state index < -0.39 is 19.6 Å². The Labute approximate surface area is 121 Å². The van der Waals surface area contributed by atoms with Gasteiger partial charge in [-0.15, -0.1) is 0 Å². The maximum atomic E-state index is 12.1. The summed E-state index contributed by atoms with van der Waals surface area (Å²) in [7, 11) is -3.45. The molecule has 0 aliphatic rings. The van der Waals surface area contributed by atoms with Crippen molar-refractivity contribution in [1.29, 1.82) is 0 Å². The van der Waals surface area contributed by atoms with Crippen LogP contribution in [-0.2, 0) is 9.84 Å². The molecule has 102 valence electrons. The molecule has 1 rings (SSSR count). The summed E-state index contributed by atoms with van der Waals surface area (Å²) in [4.78, 5) is 0. The Hall–Kier alpha value is -0.100. The predicted octanol–water partition coefficient (Wildman–Crippen LogP) is 3.31. The van der Waals surface area contributed by atoms with Crippen LogP contribution in [-0.4, -0.2) is 22.9 Å². The Morgan fingerprint density at radius 2 is 2.06 bits per heavy atom. The minimum atomic E-state index is -3.45. The predicted molar refractivity (Wildman–Crippen MR) is 77.8 cm³/mol. The first kappa shape index (κ1) is 16.0. The molecule has 0 aliphatic heterocycles. The molecule has 2 atom stereocenters. The Morgan fingerprint density at radius 1 is 1.44 bits per heavy atom. The average Bonchev–Trinajstić information content (AvgIpc) is 2.36. The number of hydrogen-bond acceptors (Lipinski definition) is 3. The molecule has 0 aliphatic carbocycles. The van der Waals surface area contributed by atoms with E-state index in [9.17, 15) is 13.5 Å². The van der Waals surface area contributed by atoms with E-state index in [1.807, 2.05) is 0 Å². The number of halogens is 2. The van der Waals surface area contributed by atoms with Crippen LogP contribution in [0.25, 0.3) is 0 Å². The highest BCUT2D eigenvalue weighted by atomic mass is 79.9. The molecule has 0 aromatic heterocycles. The van der Waals surface area contributed by atoms with Crippen LogP contribution in [0.1, 0.15) is 31.9 Å². The zero-order chi connectivity index (χ0) is 14.0. The van der Waals surface area contributed by atoms with Gasteiger partial charge in [0.25, 0.3) is 0 Å². The molecule has 0 fully saturated rings. The fourth-order valence-electron chi connectivity index (χ4n) is 1.75. The summed E-state index contributed by atoms with van der Waals surface area (Å²) in [6.45, 7) is 3.28. The Bertz CT molecular complexity index is 518. The molecule has 0 unspecified atom stereocenters. The molecule has 1 aromatic carbocycles. The smallest absolute Gasteiger partial charge is 0.168 e. The van der Waals surface area contributed by atoms with Crippen molar-refractivity contribution in [3.8, 4) is 0 Å². The number of rotatable bonds is 5. The van der Waals surface area contributed by atoms with Crippen LogP contribution in [0.4, 0.5) is 0 Å². The quantitative estimate of drug-likeness (QED) is 0.824. The van der Waals surface area contributed by atoms with Gasteiger partial charge in [-0.3, -0.25) is 0 Å². The van der Waals surface area contributed by atoms with Crippen molar-refractivity contribution in [2.75, 3.05) is 5.75 Å². The summed E-state index contributed by atoms with van der Waals surface area (Å²) < 4.78 is 22.8. The minimum absolute atomic E-state index is 0.0380. The topological polar surface area (TPSA) is 54.4 Å². The summed E-state index contributed by atoms with van der Waals surface area (Å²) in [5.41, 5.74) is 0.484. The van der Waals surface area contributed by atoms with Gasteiger partial charge in [-0.1, -0.05) is 53.5 Å². The molecule has 0 saturated heterocycles. The van der Waals surface area contributed by atoms with Gasteiger partial charge in [0.05, 0.1) is 0 Å². The largest absolute Gasteiger partial charge is 0.386 e. The van der Waals surface area contributed by atoms with Gasteiger partial charge in [0.15, 0.2) is 13.5 Å². The lowest BCUT2D eigenvalue weighted by Gasteiger charge is -2.31. The van der Waals surface area contributed by atoms with E-state index in [0.29, 0.717) is 10.6 Å². The second kappa shape index (κ2) is 5.90. The molecular weight excluding hydrogens is 340 g/mol. The monoisotopic (exact) mass is 354 g/mol. The van der Waals surface area contributed by atoms with E-state index in [4.69, 9.17) is 11.6 Å². The van der Waals surface area contributed by atoms with Crippen LogP contribution in [0.3, 0.4) is 0 Å². The maximum absolute atomic E-state index is 12.1. The third-order valence-corrected chi connectivity index (χ3v) is 7.97. The van der Waals surface area contributed by atoms with Crippen molar-refractivity contribution in [2.45, 2.75) is 30.0 Å². The van der Waals surface area contributed by atoms with E-state index in [-0.39, 0.29) is 12.2 Å². The van der Waals surface area contributed by atoms with Crippen LogP contribution in [0.2, 0.25) is 5.02 Å². The zero-order valence-electron chi connectivity index (χ0n) is 10.2. The van der Waals surface area contributed by atoms with Gasteiger partial charge >= 0.3 is 0 Å². The summed E-state index contributed by atoms with van der Waals surface area (Å²) in [5, 5.41) is 10.8. The van der Waals surface area contributed by atoms with Gasteiger partial charge in [0, 0.05) is 10.8 Å². The molecule has 0 heterocycles. The number of sulfone groups is 1. The highest BCUT2D eigenvalue weighted by molar-refractivity contribution is 9.11. The molecule has 0 saturated carbocycles. The Kier molecular flexibility index (Phi) is 5.23. The molecule has 18 heavy (non-hydrogen) atoms. The lowest BCUT2D eigenvalue weighted by Crippen LogP contribution is -2.39. The molecule has 0 amide bonds. The van der Waals surface area contributed by atoms with Crippen LogP contribution < -0.4 is 0 Å². The van der Waals surface area contributed by atoms with Crippen molar-refractivity contribution >= 4 is 37.4 Å². The third kappa shape index (κ3) is 2.90. The van der Waals surface area contributed by atoms with E-state index in [2.05, 4.69) is 15.9 Å². The molecule has 6 heteroatoms. The van der Waals surface area contributed by atoms with Crippen LogP contribution >= 0.6 is 27.5 Å². The van der Waals surface area contributed by atoms with Gasteiger partial charge in [-0.05, 0) is 24.1 Å². The number of alkyl halides is 1. The number of aliphatic hydroxyl groups excluding tert-OH is 1. The molecule has 1 aromatic rings. The van der Waals surface area contributed by atoms with Gasteiger partial charge in [0.1, 0.15) is 6.10 Å². The molecule has 3 nitrogen and oxygen atoms in total. The van der Waals surface area contributed by atoms with Crippen molar-refractivity contribution in [1.82, 2.24) is 0 Å². The molecular formula is C12H16BrClO3S. The number of aliphatic hydroxyl groups is 1. The van der Waals surface area contributed by atoms with Gasteiger partial charge in [0.2, 0.25) is 0 Å². The summed E-state index contributed by atoms with van der Waals surface area (Å²) in [6, 6.07) is 6.59. The van der Waals surface area contributed by atoms with Crippen LogP contribution in [0.15, 0.2) is 24.3 Å². The highest BCUT2D eigenvalue weighted by Crippen LogP contribution is 2.42. The molecule has 0 radical (unpaired) electrons. The average molecular weight is 356 g/mol. The lowest BCUT2D eigenvalue weighted by molar-refractivity contribution is 0.160.